The molecule has 0 unspecified atom stereocenters. The first-order chi connectivity index (χ1) is 12.5. The Hall–Kier alpha value is -1.78. The first-order valence-electron chi connectivity index (χ1n) is 8.92. The van der Waals surface area contributed by atoms with Crippen LogP contribution in [0.3, 0.4) is 0 Å². The van der Waals surface area contributed by atoms with Crippen molar-refractivity contribution in [3.8, 4) is 34.5 Å². The average Bonchev–Trinajstić information content (AvgIpc) is 2.64. The molecule has 1 aliphatic heterocycles. The molecule has 0 amide bonds. The smallest absolute Gasteiger partial charge is 0.190 e. The minimum Gasteiger partial charge on any atom is -0.504 e. The van der Waals surface area contributed by atoms with Crippen molar-refractivity contribution in [2.24, 2.45) is 0 Å². The molecule has 3 rings (SSSR count). The molecule has 0 aromatic heterocycles. The van der Waals surface area contributed by atoms with Gasteiger partial charge >= 0.3 is 0 Å². The number of hydrogen-bond donors (Lipinski definition) is 2. The summed E-state index contributed by atoms with van der Waals surface area (Å²) in [4.78, 5) is 0. The monoisotopic (exact) mass is 396 g/mol. The highest BCUT2D eigenvalue weighted by Crippen LogP contribution is 2.57. The van der Waals surface area contributed by atoms with Gasteiger partial charge in [0.25, 0.3) is 0 Å². The molecule has 0 spiro atoms. The highest BCUT2D eigenvalue weighted by atomic mass is 35.5. The van der Waals surface area contributed by atoms with Gasteiger partial charge < -0.3 is 19.7 Å². The number of phenols is 2. The molecule has 6 heteroatoms. The number of unbranched alkanes of at least 4 members (excludes halogenated alkanes) is 2. The van der Waals surface area contributed by atoms with E-state index in [2.05, 4.69) is 13.8 Å². The van der Waals surface area contributed by atoms with E-state index in [4.69, 9.17) is 32.7 Å². The van der Waals surface area contributed by atoms with Crippen molar-refractivity contribution in [3.05, 3.63) is 33.3 Å². The lowest BCUT2D eigenvalue weighted by molar-refractivity contribution is 0.334. The molecule has 0 aliphatic carbocycles. The largest absolute Gasteiger partial charge is 0.504 e. The topological polar surface area (TPSA) is 58.9 Å². The van der Waals surface area contributed by atoms with Crippen LogP contribution in [0.4, 0.5) is 0 Å². The maximum atomic E-state index is 10.6. The lowest BCUT2D eigenvalue weighted by Crippen LogP contribution is -2.07. The molecule has 1 heterocycles. The zero-order chi connectivity index (χ0) is 18.8. The molecule has 140 valence electrons. The fourth-order valence-electron chi connectivity index (χ4n) is 3.06. The molecule has 0 saturated carbocycles. The van der Waals surface area contributed by atoms with Gasteiger partial charge in [-0.3, -0.25) is 0 Å². The number of halogens is 2. The Kier molecular flexibility index (Phi) is 5.73. The van der Waals surface area contributed by atoms with E-state index < -0.39 is 0 Å². The van der Waals surface area contributed by atoms with Crippen LogP contribution in [0.5, 0.6) is 34.5 Å². The van der Waals surface area contributed by atoms with Crippen molar-refractivity contribution in [2.75, 3.05) is 0 Å². The number of benzene rings is 2. The van der Waals surface area contributed by atoms with Crippen molar-refractivity contribution in [1.29, 1.82) is 0 Å². The summed E-state index contributed by atoms with van der Waals surface area (Å²) in [5.41, 5.74) is 1.08. The van der Waals surface area contributed by atoms with Crippen molar-refractivity contribution < 1.29 is 19.7 Å². The fourth-order valence-corrected chi connectivity index (χ4v) is 3.41. The Morgan fingerprint density at radius 3 is 1.88 bits per heavy atom. The van der Waals surface area contributed by atoms with Crippen LogP contribution in [0.1, 0.15) is 50.7 Å². The molecule has 26 heavy (non-hydrogen) atoms. The second kappa shape index (κ2) is 7.85. The first-order valence-corrected chi connectivity index (χ1v) is 9.68. The number of fused-ring (bicyclic) bond motifs is 2. The van der Waals surface area contributed by atoms with Crippen molar-refractivity contribution in [2.45, 2.75) is 52.4 Å². The summed E-state index contributed by atoms with van der Waals surface area (Å²) in [7, 11) is 0. The van der Waals surface area contributed by atoms with E-state index in [1.54, 1.807) is 12.1 Å². The summed E-state index contributed by atoms with van der Waals surface area (Å²) in [5, 5.41) is 21.8. The van der Waals surface area contributed by atoms with E-state index in [1.807, 2.05) is 0 Å². The standard InChI is InChI=1S/C20H22Cl2O4/c1-3-5-7-11-16(23)17(24)12(8-6-4-2)19-18(11)25-14-10-9-13(21)15(22)20(14)26-19/h9-10,23-24H,3-8H2,1-2H3. The van der Waals surface area contributed by atoms with E-state index >= 15 is 0 Å². The normalized spacial score (nSPS) is 12.2. The van der Waals surface area contributed by atoms with Crippen molar-refractivity contribution in [1.82, 2.24) is 0 Å². The number of hydrogen-bond acceptors (Lipinski definition) is 4. The van der Waals surface area contributed by atoms with Crippen molar-refractivity contribution >= 4 is 23.2 Å². The Morgan fingerprint density at radius 1 is 0.808 bits per heavy atom. The summed E-state index contributed by atoms with van der Waals surface area (Å²) in [6.07, 6.45) is 4.72. The van der Waals surface area contributed by atoms with Gasteiger partial charge in [-0.25, -0.2) is 0 Å². The van der Waals surface area contributed by atoms with E-state index in [-0.39, 0.29) is 16.5 Å². The van der Waals surface area contributed by atoms with Crippen LogP contribution >= 0.6 is 23.2 Å². The zero-order valence-electron chi connectivity index (χ0n) is 14.9. The van der Waals surface area contributed by atoms with Gasteiger partial charge in [-0.2, -0.15) is 0 Å². The molecular formula is C20H22Cl2O4. The quantitative estimate of drug-likeness (QED) is 0.440. The third kappa shape index (κ3) is 3.28. The third-order valence-electron chi connectivity index (χ3n) is 4.54. The summed E-state index contributed by atoms with van der Waals surface area (Å²) in [5.74, 6) is 1.36. The van der Waals surface area contributed by atoms with Gasteiger partial charge in [-0.15, -0.1) is 0 Å². The van der Waals surface area contributed by atoms with Crippen molar-refractivity contribution in [3.63, 3.8) is 0 Å². The van der Waals surface area contributed by atoms with Gasteiger partial charge in [0.1, 0.15) is 5.02 Å². The van der Waals surface area contributed by atoms with Gasteiger partial charge in [-0.1, -0.05) is 49.9 Å². The Balaban J connectivity index is 2.18. The fraction of sp³-hybridized carbons (Fsp3) is 0.400. The number of phenolic OH excluding ortho intramolecular Hbond substituents is 2. The minimum atomic E-state index is -0.145. The average molecular weight is 397 g/mol. The van der Waals surface area contributed by atoms with E-state index in [0.29, 0.717) is 52.0 Å². The number of rotatable bonds is 6. The summed E-state index contributed by atoms with van der Waals surface area (Å²) >= 11 is 12.4. The first kappa shape index (κ1) is 19.0. The second-order valence-corrected chi connectivity index (χ2v) is 7.20. The predicted molar refractivity (Wildman–Crippen MR) is 104 cm³/mol. The Labute approximate surface area is 163 Å². The van der Waals surface area contributed by atoms with Gasteiger partial charge in [0.15, 0.2) is 34.5 Å². The molecule has 0 fully saturated rings. The van der Waals surface area contributed by atoms with Crippen LogP contribution in [-0.2, 0) is 12.8 Å². The van der Waals surface area contributed by atoms with Gasteiger partial charge in [-0.05, 0) is 37.8 Å². The minimum absolute atomic E-state index is 0.129. The molecular weight excluding hydrogens is 375 g/mol. The van der Waals surface area contributed by atoms with Gasteiger partial charge in [0.05, 0.1) is 5.02 Å². The molecule has 0 atom stereocenters. The van der Waals surface area contributed by atoms with Crippen LogP contribution < -0.4 is 9.47 Å². The predicted octanol–water partition coefficient (Wildman–Crippen LogP) is 6.99. The highest BCUT2D eigenvalue weighted by molar-refractivity contribution is 6.43. The van der Waals surface area contributed by atoms with E-state index in [9.17, 15) is 10.2 Å². The molecule has 2 aromatic rings. The van der Waals surface area contributed by atoms with Crippen LogP contribution in [0.2, 0.25) is 10.0 Å². The Morgan fingerprint density at radius 2 is 1.35 bits per heavy atom. The van der Waals surface area contributed by atoms with Gasteiger partial charge in [0.2, 0.25) is 0 Å². The lowest BCUT2D eigenvalue weighted by Gasteiger charge is -2.27. The molecule has 0 radical (unpaired) electrons. The van der Waals surface area contributed by atoms with Gasteiger partial charge in [0, 0.05) is 11.1 Å². The summed E-state index contributed by atoms with van der Waals surface area (Å²) in [6, 6.07) is 3.33. The molecule has 2 N–H and O–H groups in total. The van der Waals surface area contributed by atoms with Crippen LogP contribution in [-0.4, -0.2) is 10.2 Å². The molecule has 0 bridgehead atoms. The zero-order valence-corrected chi connectivity index (χ0v) is 16.4. The lowest BCUT2D eigenvalue weighted by atomic mass is 9.97. The molecule has 1 aliphatic rings. The molecule has 0 saturated heterocycles. The molecule has 4 nitrogen and oxygen atoms in total. The number of aromatic hydroxyl groups is 2. The summed E-state index contributed by atoms with van der Waals surface area (Å²) in [6.45, 7) is 4.12. The third-order valence-corrected chi connectivity index (χ3v) is 5.33. The van der Waals surface area contributed by atoms with Crippen LogP contribution in [0.25, 0.3) is 0 Å². The van der Waals surface area contributed by atoms with E-state index in [1.165, 1.54) is 0 Å². The molecule has 2 aromatic carbocycles. The SMILES string of the molecule is CCCCc1c(O)c(O)c(CCCC)c2c1Oc1ccc(Cl)c(Cl)c1O2. The Bertz CT molecular complexity index is 834. The second-order valence-electron chi connectivity index (χ2n) is 6.41. The maximum Gasteiger partial charge on any atom is 0.190 e. The summed E-state index contributed by atoms with van der Waals surface area (Å²) < 4.78 is 12.1. The van der Waals surface area contributed by atoms with Crippen LogP contribution in [0, 0.1) is 0 Å². The maximum absolute atomic E-state index is 10.6. The highest BCUT2D eigenvalue weighted by Gasteiger charge is 2.32. The van der Waals surface area contributed by atoms with E-state index in [0.717, 1.165) is 25.7 Å². The number of ether oxygens (including phenoxy) is 2. The van der Waals surface area contributed by atoms with Crippen LogP contribution in [0.15, 0.2) is 12.1 Å².